The third-order valence-electron chi connectivity index (χ3n) is 7.27. The van der Waals surface area contributed by atoms with Gasteiger partial charge in [0.2, 0.25) is 0 Å². The van der Waals surface area contributed by atoms with Crippen molar-refractivity contribution in [1.29, 1.82) is 0 Å². The summed E-state index contributed by atoms with van der Waals surface area (Å²) in [7, 11) is 0. The second-order valence-corrected chi connectivity index (χ2v) is 25.3. The number of carbonyl (C=O) groups excluding carboxylic acids is 1. The molecular formula is C37H44GeIrNO2S-. The number of hydrogen-bond donors (Lipinski definition) is 1. The zero-order valence-corrected chi connectivity index (χ0v) is 32.4. The van der Waals surface area contributed by atoms with E-state index in [4.69, 9.17) is 10.1 Å². The van der Waals surface area contributed by atoms with Crippen LogP contribution in [0.25, 0.3) is 42.2 Å². The van der Waals surface area contributed by atoms with Gasteiger partial charge in [0.05, 0.1) is 5.76 Å². The summed E-state index contributed by atoms with van der Waals surface area (Å²) in [5.41, 5.74) is 5.11. The first kappa shape index (κ1) is 35.2. The molecule has 1 N–H and O–H groups in total. The van der Waals surface area contributed by atoms with Crippen LogP contribution in [0.15, 0.2) is 66.6 Å². The molecule has 1 radical (unpaired) electrons. The first-order chi connectivity index (χ1) is 19.6. The quantitative estimate of drug-likeness (QED) is 0.0831. The molecule has 3 nitrogen and oxygen atoms in total. The summed E-state index contributed by atoms with van der Waals surface area (Å²) in [5, 5.41) is 13.5. The van der Waals surface area contributed by atoms with Crippen LogP contribution in [-0.4, -0.2) is 29.1 Å². The topological polar surface area (TPSA) is 50.2 Å². The van der Waals surface area contributed by atoms with Gasteiger partial charge in [-0.1, -0.05) is 0 Å². The average molecular weight is 832 g/mol. The van der Waals surface area contributed by atoms with Crippen molar-refractivity contribution in [1.82, 2.24) is 4.98 Å². The van der Waals surface area contributed by atoms with Gasteiger partial charge < -0.3 is 5.11 Å². The molecule has 5 rings (SSSR count). The van der Waals surface area contributed by atoms with Crippen LogP contribution >= 0.6 is 11.3 Å². The summed E-state index contributed by atoms with van der Waals surface area (Å²) in [6.07, 6.45) is 4.31. The molecular weight excluding hydrogens is 787 g/mol. The Hall–Kier alpha value is -2.31. The average Bonchev–Trinajstić information content (AvgIpc) is 3.24. The molecule has 43 heavy (non-hydrogen) atoms. The van der Waals surface area contributed by atoms with Crippen molar-refractivity contribution in [2.24, 2.45) is 5.92 Å². The first-order valence-corrected chi connectivity index (χ1v) is 22.9. The van der Waals surface area contributed by atoms with Crippen molar-refractivity contribution in [3.8, 4) is 11.3 Å². The van der Waals surface area contributed by atoms with E-state index in [1.807, 2.05) is 17.5 Å². The third-order valence-corrected chi connectivity index (χ3v) is 13.2. The summed E-state index contributed by atoms with van der Waals surface area (Å²) in [6.45, 7) is 14.4. The van der Waals surface area contributed by atoms with E-state index >= 15 is 0 Å². The zero-order valence-electron chi connectivity index (χ0n) is 27.1. The molecule has 0 amide bonds. The largest absolute Gasteiger partial charge is 0 e. The van der Waals surface area contributed by atoms with Crippen LogP contribution in [0.3, 0.4) is 0 Å². The standard InChI is InChI=1S/C32H36GeNS.C5H8O2.Ir/c1-20(2)17-22-13-14-25-28-27(35-31(25)29(22)33(6,7)8)15-16-34-30(28)23-18-21-11-9-10-12-24(21)26(19-23)32(3,4)5;1-4(6)3-5(2)7;/h9-16,19-20H,17H2,1-8H3;3,6H,1-2H3;/q-1;;/b;4-3-;. The number of ketones is 1. The van der Waals surface area contributed by atoms with Crippen molar-refractivity contribution in [3.63, 3.8) is 0 Å². The first-order valence-electron chi connectivity index (χ1n) is 14.7. The van der Waals surface area contributed by atoms with Crippen LogP contribution in [-0.2, 0) is 36.7 Å². The van der Waals surface area contributed by atoms with E-state index in [1.165, 1.54) is 51.0 Å². The monoisotopic (exact) mass is 833 g/mol. The van der Waals surface area contributed by atoms with Crippen LogP contribution in [0.2, 0.25) is 17.3 Å². The molecule has 229 valence electrons. The van der Waals surface area contributed by atoms with Gasteiger partial charge in [-0.2, -0.15) is 0 Å². The van der Waals surface area contributed by atoms with Gasteiger partial charge in [0.25, 0.3) is 0 Å². The van der Waals surface area contributed by atoms with E-state index in [2.05, 4.69) is 106 Å². The van der Waals surface area contributed by atoms with Gasteiger partial charge in [0.1, 0.15) is 0 Å². The molecule has 0 atom stereocenters. The van der Waals surface area contributed by atoms with E-state index in [1.54, 1.807) is 9.96 Å². The molecule has 2 aromatic heterocycles. The molecule has 3 aromatic carbocycles. The Morgan fingerprint density at radius 1 is 1.05 bits per heavy atom. The number of pyridine rings is 1. The fourth-order valence-electron chi connectivity index (χ4n) is 5.73. The number of aliphatic hydroxyl groups excluding tert-OH is 1. The number of aromatic nitrogens is 1. The van der Waals surface area contributed by atoms with Crippen LogP contribution in [0, 0.1) is 12.0 Å². The molecule has 6 heteroatoms. The summed E-state index contributed by atoms with van der Waals surface area (Å²) in [6, 6.07) is 21.7. The number of carbonyl (C=O) groups is 1. The van der Waals surface area contributed by atoms with E-state index in [0.717, 1.165) is 23.1 Å². The summed E-state index contributed by atoms with van der Waals surface area (Å²) >= 11 is -0.156. The van der Waals surface area contributed by atoms with Crippen LogP contribution in [0.1, 0.15) is 59.6 Å². The Morgan fingerprint density at radius 3 is 2.28 bits per heavy atom. The summed E-state index contributed by atoms with van der Waals surface area (Å²) in [4.78, 5) is 15.0. The predicted octanol–water partition coefficient (Wildman–Crippen LogP) is 10.1. The minimum absolute atomic E-state index is 0. The maximum atomic E-state index is 10.0. The molecule has 0 spiro atoms. The summed E-state index contributed by atoms with van der Waals surface area (Å²) < 4.78 is 4.51. The predicted molar refractivity (Wildman–Crippen MR) is 186 cm³/mol. The maximum absolute atomic E-state index is 10.0. The Morgan fingerprint density at radius 2 is 1.72 bits per heavy atom. The van der Waals surface area contributed by atoms with Crippen molar-refractivity contribution < 1.29 is 30.0 Å². The Kier molecular flexibility index (Phi) is 11.3. The number of benzene rings is 3. The summed E-state index contributed by atoms with van der Waals surface area (Å²) in [5.74, 6) is 8.21. The number of fused-ring (bicyclic) bond motifs is 4. The molecule has 0 saturated carbocycles. The molecule has 0 aliphatic carbocycles. The van der Waals surface area contributed by atoms with Gasteiger partial charge >= 0.3 is 218 Å². The SMILES string of the molecule is CC(=O)/C=C(/C)O.CC(C)Cc1ccc2c(sc3ccnc(-c4[c-]c5ccccc5c(C(C)(C)C)c4)c32)[c]1[Ge]([CH3])([CH3])[CH3].[Ir]. The second-order valence-electron chi connectivity index (χ2n) is 13.7. The van der Waals surface area contributed by atoms with Crippen molar-refractivity contribution >= 4 is 65.7 Å². The Balaban J connectivity index is 0.000000567. The molecule has 0 bridgehead atoms. The van der Waals surface area contributed by atoms with E-state index in [-0.39, 0.29) is 37.1 Å². The second kappa shape index (κ2) is 13.8. The number of aliphatic hydroxyl groups is 1. The molecule has 0 aliphatic rings. The smallest absolute Gasteiger partial charge is 0 e. The molecule has 0 saturated heterocycles. The molecule has 2 heterocycles. The number of rotatable bonds is 5. The van der Waals surface area contributed by atoms with E-state index in [9.17, 15) is 4.79 Å². The Labute approximate surface area is 277 Å². The Bertz CT molecular complexity index is 1800. The van der Waals surface area contributed by atoms with Crippen LogP contribution < -0.4 is 4.40 Å². The van der Waals surface area contributed by atoms with Crippen molar-refractivity contribution in [2.75, 3.05) is 0 Å². The van der Waals surface area contributed by atoms with Crippen molar-refractivity contribution in [2.45, 2.75) is 77.6 Å². The fraction of sp³-hybridized carbons (Fsp3) is 0.351. The number of hydrogen-bond acceptors (Lipinski definition) is 4. The van der Waals surface area contributed by atoms with Gasteiger partial charge in [-0.15, -0.1) is 0 Å². The zero-order chi connectivity index (χ0) is 31.0. The van der Waals surface area contributed by atoms with Crippen LogP contribution in [0.4, 0.5) is 0 Å². The van der Waals surface area contributed by atoms with Gasteiger partial charge in [0.15, 0.2) is 5.78 Å². The minimum Gasteiger partial charge on any atom is 0 e. The van der Waals surface area contributed by atoms with E-state index in [0.29, 0.717) is 5.92 Å². The van der Waals surface area contributed by atoms with Gasteiger partial charge in [-0.3, -0.25) is 4.79 Å². The van der Waals surface area contributed by atoms with Crippen molar-refractivity contribution in [3.05, 3.63) is 83.8 Å². The van der Waals surface area contributed by atoms with E-state index < -0.39 is 13.3 Å². The molecule has 0 aliphatic heterocycles. The number of nitrogens with zero attached hydrogens (tertiary/aromatic N) is 1. The fourth-order valence-corrected chi connectivity index (χ4v) is 12.9. The molecule has 5 aromatic rings. The normalized spacial score (nSPS) is 12.4. The van der Waals surface area contributed by atoms with Gasteiger partial charge in [-0.25, -0.2) is 0 Å². The number of allylic oxidation sites excluding steroid dienone is 2. The van der Waals surface area contributed by atoms with Gasteiger partial charge in [-0.05, 0) is 13.8 Å². The van der Waals surface area contributed by atoms with Crippen LogP contribution in [0.5, 0.6) is 0 Å². The third kappa shape index (κ3) is 8.05. The maximum Gasteiger partial charge on any atom is 0 e. The number of thiophene rings is 1. The molecule has 0 unspecified atom stereocenters. The minimum atomic E-state index is -2.13. The molecule has 0 fully saturated rings. The van der Waals surface area contributed by atoms with Gasteiger partial charge in [0, 0.05) is 26.2 Å².